The number of hydrogen-bond donors (Lipinski definition) is 0. The fraction of sp³-hybridized carbons (Fsp3) is 0.250. The predicted octanol–water partition coefficient (Wildman–Crippen LogP) is 4.41. The maximum atomic E-state index is 3.53. The monoisotopic (exact) mass is 340 g/mol. The molecule has 0 heterocycles. The van der Waals surface area contributed by atoms with E-state index in [0.29, 0.717) is 0 Å². The van der Waals surface area contributed by atoms with E-state index in [-0.39, 0.29) is 0 Å². The van der Waals surface area contributed by atoms with Gasteiger partial charge in [-0.3, -0.25) is 0 Å². The van der Waals surface area contributed by atoms with Crippen LogP contribution in [0.25, 0.3) is 0 Å². The smallest absolute Gasteiger partial charge is 0.0305 e. The van der Waals surface area contributed by atoms with Gasteiger partial charge in [0.25, 0.3) is 0 Å². The summed E-state index contributed by atoms with van der Waals surface area (Å²) in [5, 5.41) is 0.871. The van der Waals surface area contributed by atoms with E-state index in [0.717, 1.165) is 9.80 Å². The molecule has 0 spiro atoms. The minimum absolute atomic E-state index is 0.871. The Morgan fingerprint density at radius 3 is 2.36 bits per heavy atom. The Morgan fingerprint density at radius 1 is 1.27 bits per heavy atom. The predicted molar refractivity (Wildman–Crippen MR) is 59.2 cm³/mol. The summed E-state index contributed by atoms with van der Waals surface area (Å²) in [4.78, 5) is 0. The molecule has 0 amide bonds. The van der Waals surface area contributed by atoms with Crippen LogP contribution in [0.1, 0.15) is 11.1 Å². The van der Waals surface area contributed by atoms with E-state index in [9.17, 15) is 0 Å². The summed E-state index contributed by atoms with van der Waals surface area (Å²) < 4.78 is 2.33. The zero-order chi connectivity index (χ0) is 8.43. The van der Waals surface area contributed by atoms with Gasteiger partial charge in [-0.1, -0.05) is 53.9 Å². The van der Waals surface area contributed by atoms with Gasteiger partial charge in [0.1, 0.15) is 0 Å². The van der Waals surface area contributed by atoms with Crippen molar-refractivity contribution >= 4 is 47.8 Å². The molecule has 0 aliphatic carbocycles. The Labute approximate surface area is 91.8 Å². The average Bonchev–Trinajstić information content (AvgIpc) is 1.99. The summed E-state index contributed by atoms with van der Waals surface area (Å²) in [6.45, 7) is 2.09. The van der Waals surface area contributed by atoms with Crippen molar-refractivity contribution in [3.05, 3.63) is 32.2 Å². The van der Waals surface area contributed by atoms with Crippen LogP contribution in [0.2, 0.25) is 0 Å². The molecule has 0 nitrogen and oxygen atoms in total. The number of rotatable bonds is 1. The first-order chi connectivity index (χ1) is 5.16. The van der Waals surface area contributed by atoms with E-state index in [1.165, 1.54) is 15.6 Å². The highest BCUT2D eigenvalue weighted by Crippen LogP contribution is 2.29. The van der Waals surface area contributed by atoms with Crippen molar-refractivity contribution in [2.45, 2.75) is 12.3 Å². The highest BCUT2D eigenvalue weighted by molar-refractivity contribution is 9.11. The van der Waals surface area contributed by atoms with E-state index in [2.05, 4.69) is 66.8 Å². The Bertz CT molecular complexity index is 268. The second kappa shape index (κ2) is 4.06. The number of aryl methyl sites for hydroxylation is 1. The molecule has 1 aromatic carbocycles. The summed E-state index contributed by atoms with van der Waals surface area (Å²) in [5.41, 5.74) is 2.53. The molecule has 0 saturated carbocycles. The van der Waals surface area contributed by atoms with Gasteiger partial charge in [-0.2, -0.15) is 0 Å². The normalized spacial score (nSPS) is 10.2. The molecule has 0 fully saturated rings. The molecule has 0 saturated heterocycles. The maximum Gasteiger partial charge on any atom is 0.0305 e. The second-order valence-electron chi connectivity index (χ2n) is 2.29. The lowest BCUT2D eigenvalue weighted by atomic mass is 10.2. The second-order valence-corrected chi connectivity index (χ2v) is 4.50. The van der Waals surface area contributed by atoms with Crippen LogP contribution in [0, 0.1) is 6.92 Å². The van der Waals surface area contributed by atoms with E-state index < -0.39 is 0 Å². The first-order valence-corrected chi connectivity index (χ1v) is 5.87. The zero-order valence-corrected chi connectivity index (χ0v) is 10.8. The molecule has 0 aliphatic rings. The molecular formula is C8H7Br3. The van der Waals surface area contributed by atoms with Gasteiger partial charge < -0.3 is 0 Å². The topological polar surface area (TPSA) is 0 Å². The van der Waals surface area contributed by atoms with Gasteiger partial charge in [-0.15, -0.1) is 0 Å². The molecule has 0 aromatic heterocycles. The van der Waals surface area contributed by atoms with Crippen molar-refractivity contribution < 1.29 is 0 Å². The van der Waals surface area contributed by atoms with Crippen molar-refractivity contribution in [1.82, 2.24) is 0 Å². The Morgan fingerprint density at radius 2 is 1.91 bits per heavy atom. The van der Waals surface area contributed by atoms with E-state index in [1.54, 1.807) is 0 Å². The minimum Gasteiger partial charge on any atom is -0.0875 e. The maximum absolute atomic E-state index is 3.53. The molecule has 0 bridgehead atoms. The number of hydrogen-bond acceptors (Lipinski definition) is 0. The fourth-order valence-corrected chi connectivity index (χ4v) is 3.39. The molecule has 0 atom stereocenters. The van der Waals surface area contributed by atoms with Crippen molar-refractivity contribution in [3.63, 3.8) is 0 Å². The van der Waals surface area contributed by atoms with E-state index in [4.69, 9.17) is 0 Å². The molecule has 3 heteroatoms. The first kappa shape index (κ1) is 9.75. The number of benzene rings is 1. The Hall–Kier alpha value is 0.660. The van der Waals surface area contributed by atoms with Crippen molar-refractivity contribution in [1.29, 1.82) is 0 Å². The van der Waals surface area contributed by atoms with Crippen molar-refractivity contribution in [2.24, 2.45) is 0 Å². The highest BCUT2D eigenvalue weighted by Gasteiger charge is 2.04. The molecule has 60 valence electrons. The number of halogens is 3. The molecule has 0 radical (unpaired) electrons. The Balaban J connectivity index is 3.29. The minimum atomic E-state index is 0.871. The summed E-state index contributed by atoms with van der Waals surface area (Å²) in [7, 11) is 0. The van der Waals surface area contributed by atoms with Gasteiger partial charge in [0.2, 0.25) is 0 Å². The summed E-state index contributed by atoms with van der Waals surface area (Å²) in [6.07, 6.45) is 0. The van der Waals surface area contributed by atoms with Crippen LogP contribution in [0.15, 0.2) is 21.1 Å². The lowest BCUT2D eigenvalue weighted by molar-refractivity contribution is 1.30. The fourth-order valence-electron chi connectivity index (χ4n) is 0.837. The van der Waals surface area contributed by atoms with Crippen LogP contribution in [0.5, 0.6) is 0 Å². The molecule has 11 heavy (non-hydrogen) atoms. The third-order valence-corrected chi connectivity index (χ3v) is 3.92. The molecule has 1 aromatic rings. The largest absolute Gasteiger partial charge is 0.0875 e. The molecule has 0 aliphatic heterocycles. The van der Waals surface area contributed by atoms with Crippen LogP contribution in [-0.2, 0) is 5.33 Å². The lowest BCUT2D eigenvalue weighted by Crippen LogP contribution is -1.85. The molecular weight excluding hydrogens is 336 g/mol. The van der Waals surface area contributed by atoms with Crippen molar-refractivity contribution in [3.8, 4) is 0 Å². The molecule has 0 N–H and O–H groups in total. The van der Waals surface area contributed by atoms with Gasteiger partial charge in [-0.05, 0) is 24.1 Å². The summed E-state index contributed by atoms with van der Waals surface area (Å²) in [6, 6.07) is 4.15. The SMILES string of the molecule is Cc1ccc(Br)c(CBr)c1Br. The summed E-state index contributed by atoms with van der Waals surface area (Å²) in [5.74, 6) is 0. The van der Waals surface area contributed by atoms with Gasteiger partial charge in [0.15, 0.2) is 0 Å². The summed E-state index contributed by atoms with van der Waals surface area (Å²) >= 11 is 10.4. The first-order valence-electron chi connectivity index (χ1n) is 3.16. The van der Waals surface area contributed by atoms with Gasteiger partial charge in [0.05, 0.1) is 0 Å². The number of alkyl halides is 1. The third-order valence-electron chi connectivity index (χ3n) is 1.51. The van der Waals surface area contributed by atoms with Crippen molar-refractivity contribution in [2.75, 3.05) is 0 Å². The zero-order valence-electron chi connectivity index (χ0n) is 6.00. The Kier molecular flexibility index (Phi) is 3.59. The van der Waals surface area contributed by atoms with Crippen LogP contribution in [-0.4, -0.2) is 0 Å². The van der Waals surface area contributed by atoms with Gasteiger partial charge in [0, 0.05) is 14.3 Å². The average molecular weight is 343 g/mol. The lowest BCUT2D eigenvalue weighted by Gasteiger charge is -2.05. The van der Waals surface area contributed by atoms with Gasteiger partial charge in [-0.25, -0.2) is 0 Å². The third kappa shape index (κ3) is 2.07. The van der Waals surface area contributed by atoms with Crippen LogP contribution >= 0.6 is 47.8 Å². The van der Waals surface area contributed by atoms with Crippen LogP contribution in [0.4, 0.5) is 0 Å². The van der Waals surface area contributed by atoms with E-state index >= 15 is 0 Å². The molecule has 0 unspecified atom stereocenters. The standard InChI is InChI=1S/C8H7Br3/c1-5-2-3-7(10)6(4-9)8(5)11/h2-3H,4H2,1H3. The van der Waals surface area contributed by atoms with Gasteiger partial charge >= 0.3 is 0 Å². The van der Waals surface area contributed by atoms with Crippen LogP contribution in [0.3, 0.4) is 0 Å². The molecule has 1 rings (SSSR count). The van der Waals surface area contributed by atoms with E-state index in [1.807, 2.05) is 0 Å². The van der Waals surface area contributed by atoms with Crippen LogP contribution < -0.4 is 0 Å². The highest BCUT2D eigenvalue weighted by atomic mass is 79.9. The quantitative estimate of drug-likeness (QED) is 0.663.